The van der Waals surface area contributed by atoms with Gasteiger partial charge < -0.3 is 14.4 Å². The minimum absolute atomic E-state index is 0.165. The first kappa shape index (κ1) is 11.9. The summed E-state index contributed by atoms with van der Waals surface area (Å²) in [5.74, 6) is 0.998. The van der Waals surface area contributed by atoms with Crippen LogP contribution in [-0.4, -0.2) is 37.7 Å². The summed E-state index contributed by atoms with van der Waals surface area (Å²) in [5, 5.41) is 0. The zero-order valence-electron chi connectivity index (χ0n) is 10.0. The average molecular weight is 235 g/mol. The molecule has 0 atom stereocenters. The van der Waals surface area contributed by atoms with Gasteiger partial charge in [-0.15, -0.1) is 0 Å². The van der Waals surface area contributed by atoms with E-state index in [-0.39, 0.29) is 5.91 Å². The highest BCUT2D eigenvalue weighted by atomic mass is 16.5. The van der Waals surface area contributed by atoms with Crippen LogP contribution in [0.3, 0.4) is 0 Å². The standard InChI is InChI=1S/C13H17NO3/c1-16-12-4-2-11(3-5-12)10-14-7-9-17-8-6-13(14)15/h2-5H,6-10H2,1H3. The number of nitrogens with zero attached hydrogens (tertiary/aromatic N) is 1. The Balaban J connectivity index is 2.00. The molecule has 0 bridgehead atoms. The van der Waals surface area contributed by atoms with Crippen molar-refractivity contribution in [2.75, 3.05) is 26.9 Å². The minimum Gasteiger partial charge on any atom is -0.497 e. The second-order valence-corrected chi connectivity index (χ2v) is 4.03. The number of rotatable bonds is 3. The van der Waals surface area contributed by atoms with E-state index in [9.17, 15) is 4.79 Å². The van der Waals surface area contributed by atoms with Gasteiger partial charge in [-0.05, 0) is 17.7 Å². The van der Waals surface area contributed by atoms with Crippen molar-refractivity contribution < 1.29 is 14.3 Å². The van der Waals surface area contributed by atoms with Crippen molar-refractivity contribution >= 4 is 5.91 Å². The first-order chi connectivity index (χ1) is 8.29. The van der Waals surface area contributed by atoms with Crippen LogP contribution in [0.2, 0.25) is 0 Å². The van der Waals surface area contributed by atoms with Gasteiger partial charge in [-0.1, -0.05) is 12.1 Å². The van der Waals surface area contributed by atoms with Crippen LogP contribution in [0.25, 0.3) is 0 Å². The zero-order valence-corrected chi connectivity index (χ0v) is 10.0. The number of hydrogen-bond acceptors (Lipinski definition) is 3. The van der Waals surface area contributed by atoms with Gasteiger partial charge in [-0.3, -0.25) is 4.79 Å². The Hall–Kier alpha value is -1.55. The lowest BCUT2D eigenvalue weighted by molar-refractivity contribution is -0.131. The lowest BCUT2D eigenvalue weighted by Crippen LogP contribution is -2.31. The molecule has 1 aliphatic rings. The van der Waals surface area contributed by atoms with E-state index in [0.29, 0.717) is 32.7 Å². The van der Waals surface area contributed by atoms with Crippen LogP contribution in [0.4, 0.5) is 0 Å². The lowest BCUT2D eigenvalue weighted by atomic mass is 10.2. The molecule has 1 amide bonds. The van der Waals surface area contributed by atoms with Crippen LogP contribution < -0.4 is 4.74 Å². The predicted octanol–water partition coefficient (Wildman–Crippen LogP) is 1.44. The summed E-state index contributed by atoms with van der Waals surface area (Å²) in [7, 11) is 1.64. The molecule has 17 heavy (non-hydrogen) atoms. The third kappa shape index (κ3) is 3.20. The third-order valence-electron chi connectivity index (χ3n) is 2.85. The molecule has 4 heteroatoms. The van der Waals surface area contributed by atoms with E-state index in [1.807, 2.05) is 29.2 Å². The predicted molar refractivity (Wildman–Crippen MR) is 63.8 cm³/mol. The van der Waals surface area contributed by atoms with Crippen molar-refractivity contribution in [1.82, 2.24) is 4.90 Å². The smallest absolute Gasteiger partial charge is 0.225 e. The SMILES string of the molecule is COc1ccc(CN2CCOCCC2=O)cc1. The highest BCUT2D eigenvalue weighted by Gasteiger charge is 2.16. The molecule has 0 N–H and O–H groups in total. The number of methoxy groups -OCH3 is 1. The number of carbonyl (C=O) groups is 1. The maximum Gasteiger partial charge on any atom is 0.225 e. The van der Waals surface area contributed by atoms with E-state index < -0.39 is 0 Å². The van der Waals surface area contributed by atoms with Gasteiger partial charge in [0.25, 0.3) is 0 Å². The average Bonchev–Trinajstić information content (AvgIpc) is 2.56. The molecule has 0 aliphatic carbocycles. The Morgan fingerprint density at radius 1 is 1.29 bits per heavy atom. The summed E-state index contributed by atoms with van der Waals surface area (Å²) < 4.78 is 10.4. The molecule has 0 radical (unpaired) electrons. The van der Waals surface area contributed by atoms with Crippen molar-refractivity contribution in [3.05, 3.63) is 29.8 Å². The molecule has 0 saturated carbocycles. The first-order valence-corrected chi connectivity index (χ1v) is 5.78. The van der Waals surface area contributed by atoms with E-state index in [2.05, 4.69) is 0 Å². The fourth-order valence-corrected chi connectivity index (χ4v) is 1.84. The van der Waals surface area contributed by atoms with Crippen LogP contribution >= 0.6 is 0 Å². The summed E-state index contributed by atoms with van der Waals surface area (Å²) in [6.07, 6.45) is 0.482. The van der Waals surface area contributed by atoms with Gasteiger partial charge in [0, 0.05) is 13.1 Å². The molecule has 1 fully saturated rings. The minimum atomic E-state index is 0.165. The number of benzene rings is 1. The molecule has 1 saturated heterocycles. The van der Waals surface area contributed by atoms with E-state index in [1.165, 1.54) is 0 Å². The van der Waals surface area contributed by atoms with E-state index >= 15 is 0 Å². The van der Waals surface area contributed by atoms with Crippen LogP contribution in [0.15, 0.2) is 24.3 Å². The molecule has 0 aromatic heterocycles. The molecule has 0 spiro atoms. The Kier molecular flexibility index (Phi) is 3.98. The number of ether oxygens (including phenoxy) is 2. The summed E-state index contributed by atoms with van der Waals surface area (Å²) in [6.45, 7) is 2.48. The fourth-order valence-electron chi connectivity index (χ4n) is 1.84. The monoisotopic (exact) mass is 235 g/mol. The highest BCUT2D eigenvalue weighted by molar-refractivity contribution is 5.76. The van der Waals surface area contributed by atoms with E-state index in [1.54, 1.807) is 7.11 Å². The van der Waals surface area contributed by atoms with E-state index in [0.717, 1.165) is 11.3 Å². The molecular weight excluding hydrogens is 218 g/mol. The number of carbonyl (C=O) groups excluding carboxylic acids is 1. The topological polar surface area (TPSA) is 38.8 Å². The van der Waals surface area contributed by atoms with Crippen LogP contribution in [0, 0.1) is 0 Å². The fraction of sp³-hybridized carbons (Fsp3) is 0.462. The van der Waals surface area contributed by atoms with Crippen LogP contribution in [0.1, 0.15) is 12.0 Å². The molecule has 1 aromatic carbocycles. The molecule has 4 nitrogen and oxygen atoms in total. The zero-order chi connectivity index (χ0) is 12.1. The molecule has 1 aliphatic heterocycles. The van der Waals surface area contributed by atoms with E-state index in [4.69, 9.17) is 9.47 Å². The Morgan fingerprint density at radius 3 is 2.76 bits per heavy atom. The Labute approximate surface area is 101 Å². The molecular formula is C13H17NO3. The second-order valence-electron chi connectivity index (χ2n) is 4.03. The van der Waals surface area contributed by atoms with Crippen molar-refractivity contribution in [2.24, 2.45) is 0 Å². The number of hydrogen-bond donors (Lipinski definition) is 0. The number of amides is 1. The molecule has 1 heterocycles. The Morgan fingerprint density at radius 2 is 2.06 bits per heavy atom. The van der Waals surface area contributed by atoms with Crippen molar-refractivity contribution in [3.8, 4) is 5.75 Å². The third-order valence-corrected chi connectivity index (χ3v) is 2.85. The quantitative estimate of drug-likeness (QED) is 0.796. The van der Waals surface area contributed by atoms with Gasteiger partial charge in [0.2, 0.25) is 5.91 Å². The molecule has 1 aromatic rings. The van der Waals surface area contributed by atoms with Crippen molar-refractivity contribution in [2.45, 2.75) is 13.0 Å². The lowest BCUT2D eigenvalue weighted by Gasteiger charge is -2.19. The summed E-state index contributed by atoms with van der Waals surface area (Å²) >= 11 is 0. The van der Waals surface area contributed by atoms with Gasteiger partial charge in [0.1, 0.15) is 5.75 Å². The molecule has 2 rings (SSSR count). The largest absolute Gasteiger partial charge is 0.497 e. The Bertz CT molecular complexity index is 375. The maximum atomic E-state index is 11.8. The van der Waals surface area contributed by atoms with Gasteiger partial charge in [0.15, 0.2) is 0 Å². The van der Waals surface area contributed by atoms with Crippen molar-refractivity contribution in [3.63, 3.8) is 0 Å². The second kappa shape index (κ2) is 5.68. The molecule has 0 unspecified atom stereocenters. The summed E-state index contributed by atoms with van der Waals surface area (Å²) in [4.78, 5) is 13.6. The van der Waals surface area contributed by atoms with Gasteiger partial charge in [-0.25, -0.2) is 0 Å². The maximum absolute atomic E-state index is 11.8. The van der Waals surface area contributed by atoms with Crippen molar-refractivity contribution in [1.29, 1.82) is 0 Å². The first-order valence-electron chi connectivity index (χ1n) is 5.78. The normalized spacial score (nSPS) is 16.8. The van der Waals surface area contributed by atoms with Gasteiger partial charge in [0.05, 0.1) is 26.7 Å². The summed E-state index contributed by atoms with van der Waals surface area (Å²) in [6, 6.07) is 7.79. The van der Waals surface area contributed by atoms with Crippen LogP contribution in [0.5, 0.6) is 5.75 Å². The van der Waals surface area contributed by atoms with Gasteiger partial charge in [-0.2, -0.15) is 0 Å². The highest BCUT2D eigenvalue weighted by Crippen LogP contribution is 2.14. The van der Waals surface area contributed by atoms with Gasteiger partial charge >= 0.3 is 0 Å². The molecule has 92 valence electrons. The summed E-state index contributed by atoms with van der Waals surface area (Å²) in [5.41, 5.74) is 1.11. The van der Waals surface area contributed by atoms with Crippen LogP contribution in [-0.2, 0) is 16.1 Å².